The van der Waals surface area contributed by atoms with Gasteiger partial charge in [0.05, 0.1) is 12.0 Å². The molecule has 0 saturated heterocycles. The molecule has 21 heavy (non-hydrogen) atoms. The molecule has 0 radical (unpaired) electrons. The van der Waals surface area contributed by atoms with Crippen LogP contribution in [0.2, 0.25) is 0 Å². The molecule has 1 aromatic heterocycles. The lowest BCUT2D eigenvalue weighted by Crippen LogP contribution is -2.12. The third-order valence-corrected chi connectivity index (χ3v) is 3.40. The molecule has 0 atom stereocenters. The molecule has 108 valence electrons. The highest BCUT2D eigenvalue weighted by Crippen LogP contribution is 2.26. The normalized spacial score (nSPS) is 11.1. The summed E-state index contributed by atoms with van der Waals surface area (Å²) >= 11 is 0. The Labute approximate surface area is 122 Å². The van der Waals surface area contributed by atoms with E-state index in [4.69, 9.17) is 9.15 Å². The minimum absolute atomic E-state index is 0.0453. The summed E-state index contributed by atoms with van der Waals surface area (Å²) in [7, 11) is 1.90. The first-order valence-corrected chi connectivity index (χ1v) is 7.03. The smallest absolute Gasteiger partial charge is 0.204 e. The lowest BCUT2D eigenvalue weighted by atomic mass is 10.1. The van der Waals surface area contributed by atoms with Crippen molar-refractivity contribution in [2.24, 2.45) is 0 Å². The van der Waals surface area contributed by atoms with Crippen LogP contribution in [-0.4, -0.2) is 20.2 Å². The lowest BCUT2D eigenvalue weighted by Gasteiger charge is -2.09. The van der Waals surface area contributed by atoms with Crippen molar-refractivity contribution in [3.8, 4) is 5.75 Å². The van der Waals surface area contributed by atoms with Crippen LogP contribution in [0.3, 0.4) is 0 Å². The monoisotopic (exact) mass is 283 g/mol. The first-order chi connectivity index (χ1) is 10.3. The van der Waals surface area contributed by atoms with Gasteiger partial charge in [0, 0.05) is 0 Å². The molecule has 4 nitrogen and oxygen atoms in total. The molecular weight excluding hydrogens is 266 g/mol. The average Bonchev–Trinajstić information content (AvgIpc) is 2.52. The third-order valence-electron chi connectivity index (χ3n) is 3.40. The lowest BCUT2D eigenvalue weighted by molar-refractivity contribution is 0.313. The van der Waals surface area contributed by atoms with Crippen LogP contribution in [0.1, 0.15) is 6.42 Å². The Bertz CT molecular complexity index is 823. The fourth-order valence-electron chi connectivity index (χ4n) is 2.37. The molecule has 0 aliphatic carbocycles. The Kier molecular flexibility index (Phi) is 3.88. The van der Waals surface area contributed by atoms with E-state index in [9.17, 15) is 4.79 Å². The van der Waals surface area contributed by atoms with Gasteiger partial charge in [-0.05, 0) is 44.3 Å². The summed E-state index contributed by atoms with van der Waals surface area (Å²) in [5.41, 5.74) is 1.11. The van der Waals surface area contributed by atoms with E-state index in [0.29, 0.717) is 34.3 Å². The summed E-state index contributed by atoms with van der Waals surface area (Å²) in [6.45, 7) is 1.44. The molecule has 1 heterocycles. The van der Waals surface area contributed by atoms with E-state index in [1.165, 1.54) is 0 Å². The molecular formula is C17H17NO3. The zero-order chi connectivity index (χ0) is 14.7. The number of hydrogen-bond acceptors (Lipinski definition) is 4. The summed E-state index contributed by atoms with van der Waals surface area (Å²) in [5.74, 6) is 0.586. The molecule has 0 unspecified atom stereocenters. The largest absolute Gasteiger partial charge is 0.493 e. The highest BCUT2D eigenvalue weighted by atomic mass is 16.5. The second-order valence-electron chi connectivity index (χ2n) is 4.86. The number of hydrogen-bond donors (Lipinski definition) is 1. The van der Waals surface area contributed by atoms with E-state index in [1.54, 1.807) is 18.2 Å². The van der Waals surface area contributed by atoms with Crippen LogP contribution in [0, 0.1) is 0 Å². The molecule has 4 heteroatoms. The summed E-state index contributed by atoms with van der Waals surface area (Å²) in [6.07, 6.45) is 0.881. The van der Waals surface area contributed by atoms with Crippen molar-refractivity contribution in [2.45, 2.75) is 6.42 Å². The average molecular weight is 283 g/mol. The number of para-hydroxylation sites is 1. The van der Waals surface area contributed by atoms with Crippen molar-refractivity contribution in [1.82, 2.24) is 5.32 Å². The second-order valence-corrected chi connectivity index (χ2v) is 4.86. The molecule has 0 amide bonds. The Morgan fingerprint density at radius 3 is 2.76 bits per heavy atom. The van der Waals surface area contributed by atoms with Gasteiger partial charge in [0.1, 0.15) is 22.3 Å². The van der Waals surface area contributed by atoms with Gasteiger partial charge in [0.15, 0.2) is 0 Å². The van der Waals surface area contributed by atoms with Gasteiger partial charge in [-0.1, -0.05) is 18.2 Å². The highest BCUT2D eigenvalue weighted by molar-refractivity contribution is 5.93. The van der Waals surface area contributed by atoms with Gasteiger partial charge in [0.2, 0.25) is 5.43 Å². The van der Waals surface area contributed by atoms with E-state index < -0.39 is 0 Å². The van der Waals surface area contributed by atoms with Gasteiger partial charge in [-0.3, -0.25) is 4.79 Å². The van der Waals surface area contributed by atoms with E-state index in [-0.39, 0.29) is 5.43 Å². The fraction of sp³-hybridized carbons (Fsp3) is 0.235. The first-order valence-electron chi connectivity index (χ1n) is 7.03. The van der Waals surface area contributed by atoms with Crippen molar-refractivity contribution in [1.29, 1.82) is 0 Å². The Balaban J connectivity index is 2.09. The molecule has 0 fully saturated rings. The molecule has 0 bridgehead atoms. The summed E-state index contributed by atoms with van der Waals surface area (Å²) in [6, 6.07) is 12.7. The zero-order valence-corrected chi connectivity index (χ0v) is 11.9. The molecule has 0 aliphatic heterocycles. The SMILES string of the molecule is CNCCCOc1cccc2oc3ccccc3c(=O)c12. The second kappa shape index (κ2) is 5.97. The summed E-state index contributed by atoms with van der Waals surface area (Å²) in [5, 5.41) is 4.16. The van der Waals surface area contributed by atoms with Crippen LogP contribution < -0.4 is 15.5 Å². The Hall–Kier alpha value is -2.33. The maximum Gasteiger partial charge on any atom is 0.204 e. The summed E-state index contributed by atoms with van der Waals surface area (Å²) < 4.78 is 11.6. The number of fused-ring (bicyclic) bond motifs is 2. The van der Waals surface area contributed by atoms with E-state index in [0.717, 1.165) is 13.0 Å². The van der Waals surface area contributed by atoms with E-state index in [2.05, 4.69) is 5.32 Å². The predicted octanol–water partition coefficient (Wildman–Crippen LogP) is 2.93. The third kappa shape index (κ3) is 2.62. The predicted molar refractivity (Wildman–Crippen MR) is 84.0 cm³/mol. The van der Waals surface area contributed by atoms with E-state index >= 15 is 0 Å². The van der Waals surface area contributed by atoms with Crippen molar-refractivity contribution >= 4 is 21.9 Å². The van der Waals surface area contributed by atoms with Gasteiger partial charge in [-0.2, -0.15) is 0 Å². The molecule has 0 saturated carbocycles. The minimum Gasteiger partial charge on any atom is -0.493 e. The van der Waals surface area contributed by atoms with Crippen molar-refractivity contribution in [3.05, 3.63) is 52.7 Å². The maximum atomic E-state index is 12.6. The van der Waals surface area contributed by atoms with E-state index in [1.807, 2.05) is 31.3 Å². The van der Waals surface area contributed by atoms with Crippen LogP contribution in [-0.2, 0) is 0 Å². The molecule has 0 spiro atoms. The summed E-state index contributed by atoms with van der Waals surface area (Å²) in [4.78, 5) is 12.6. The van der Waals surface area contributed by atoms with Crippen molar-refractivity contribution < 1.29 is 9.15 Å². The number of rotatable bonds is 5. The number of ether oxygens (including phenoxy) is 1. The molecule has 1 N–H and O–H groups in total. The van der Waals surface area contributed by atoms with Gasteiger partial charge in [-0.15, -0.1) is 0 Å². The van der Waals surface area contributed by atoms with Crippen LogP contribution >= 0.6 is 0 Å². The van der Waals surface area contributed by atoms with Crippen LogP contribution in [0.25, 0.3) is 21.9 Å². The van der Waals surface area contributed by atoms with Gasteiger partial charge in [-0.25, -0.2) is 0 Å². The maximum absolute atomic E-state index is 12.6. The number of nitrogens with one attached hydrogen (secondary N) is 1. The molecule has 2 aromatic carbocycles. The molecule has 3 rings (SSSR count). The Morgan fingerprint density at radius 1 is 1.10 bits per heavy atom. The van der Waals surface area contributed by atoms with Gasteiger partial charge < -0.3 is 14.5 Å². The number of benzene rings is 2. The highest BCUT2D eigenvalue weighted by Gasteiger charge is 2.11. The quantitative estimate of drug-likeness (QED) is 0.578. The van der Waals surface area contributed by atoms with Crippen LogP contribution in [0.4, 0.5) is 0 Å². The van der Waals surface area contributed by atoms with Crippen LogP contribution in [0.5, 0.6) is 5.75 Å². The minimum atomic E-state index is -0.0453. The molecule has 0 aliphatic rings. The van der Waals surface area contributed by atoms with Crippen molar-refractivity contribution in [2.75, 3.05) is 20.2 Å². The van der Waals surface area contributed by atoms with Crippen LogP contribution in [0.15, 0.2) is 51.7 Å². The Morgan fingerprint density at radius 2 is 1.90 bits per heavy atom. The topological polar surface area (TPSA) is 51.5 Å². The first kappa shape index (κ1) is 13.6. The van der Waals surface area contributed by atoms with Crippen molar-refractivity contribution in [3.63, 3.8) is 0 Å². The zero-order valence-electron chi connectivity index (χ0n) is 11.9. The standard InChI is InChI=1S/C17H17NO3/c1-18-10-5-11-20-14-8-4-9-15-16(14)17(19)12-6-2-3-7-13(12)21-15/h2-4,6-9,18H,5,10-11H2,1H3. The van der Waals surface area contributed by atoms with Gasteiger partial charge >= 0.3 is 0 Å². The fourth-order valence-corrected chi connectivity index (χ4v) is 2.37. The van der Waals surface area contributed by atoms with Gasteiger partial charge in [0.25, 0.3) is 0 Å². The molecule has 3 aromatic rings.